The second-order valence-electron chi connectivity index (χ2n) is 12.6. The summed E-state index contributed by atoms with van der Waals surface area (Å²) in [7, 11) is -4.30. The molecule has 14 heteroatoms. The van der Waals surface area contributed by atoms with Crippen LogP contribution in [0.25, 0.3) is 0 Å². The van der Waals surface area contributed by atoms with Crippen LogP contribution < -0.4 is 20.1 Å². The van der Waals surface area contributed by atoms with Crippen LogP contribution in [0.4, 0.5) is 13.2 Å². The van der Waals surface area contributed by atoms with Gasteiger partial charge in [0.15, 0.2) is 0 Å². The van der Waals surface area contributed by atoms with Gasteiger partial charge in [0.2, 0.25) is 17.7 Å². The van der Waals surface area contributed by atoms with Gasteiger partial charge in [0.25, 0.3) is 0 Å². The van der Waals surface area contributed by atoms with Crippen molar-refractivity contribution in [3.05, 3.63) is 64.7 Å². The van der Waals surface area contributed by atoms with E-state index in [2.05, 4.69) is 20.1 Å². The second-order valence-corrected chi connectivity index (χ2v) is 14.1. The Bertz CT molecular complexity index is 1560. The molecule has 0 radical (unpaired) electrons. The minimum absolute atomic E-state index is 0.107. The Labute approximate surface area is 261 Å². The number of rotatable bonds is 8. The quantitative estimate of drug-likeness (QED) is 0.294. The standard InChI is InChI=1S/C31H39F3N4O6S/c1-18(35-5)27(39)37-26(30(2,3)4)29(41)38-17-20-13-14-22(44-45(42,43)31(32,33)34)15-21(20)16-25(38)28(40)36-24-12-8-10-19-9-6-7-11-23(19)24/h6-7,9,11,13-15,18,24-26,35H,8,10,12,16-17H2,1-5H3,(H,36,40)(H,37,39)/t18-,24+,25?,26+/m0/s1. The fraction of sp³-hybridized carbons (Fsp3) is 0.516. The number of nitrogens with one attached hydrogen (secondary N) is 3. The van der Waals surface area contributed by atoms with E-state index in [1.807, 2.05) is 24.3 Å². The average molecular weight is 653 g/mol. The van der Waals surface area contributed by atoms with Crippen LogP contribution in [0.15, 0.2) is 42.5 Å². The normalized spacial score (nSPS) is 19.9. The van der Waals surface area contributed by atoms with Crippen molar-refractivity contribution in [2.24, 2.45) is 5.41 Å². The van der Waals surface area contributed by atoms with E-state index in [9.17, 15) is 36.0 Å². The van der Waals surface area contributed by atoms with Gasteiger partial charge in [-0.3, -0.25) is 14.4 Å². The summed E-state index contributed by atoms with van der Waals surface area (Å²) in [6.45, 7) is 6.90. The predicted octanol–water partition coefficient (Wildman–Crippen LogP) is 3.50. The van der Waals surface area contributed by atoms with E-state index < -0.39 is 62.6 Å². The molecule has 0 bridgehead atoms. The first kappa shape index (κ1) is 34.2. The maximum absolute atomic E-state index is 14.3. The molecule has 10 nitrogen and oxygen atoms in total. The monoisotopic (exact) mass is 652 g/mol. The van der Waals surface area contributed by atoms with E-state index in [1.54, 1.807) is 34.7 Å². The molecule has 1 aliphatic carbocycles. The van der Waals surface area contributed by atoms with Crippen LogP contribution in [0.1, 0.15) is 68.8 Å². The third kappa shape index (κ3) is 7.60. The lowest BCUT2D eigenvalue weighted by Gasteiger charge is -2.41. The third-order valence-corrected chi connectivity index (χ3v) is 9.27. The molecule has 0 fully saturated rings. The maximum atomic E-state index is 14.3. The van der Waals surface area contributed by atoms with E-state index in [1.165, 1.54) is 11.0 Å². The van der Waals surface area contributed by atoms with E-state index in [0.717, 1.165) is 36.1 Å². The smallest absolute Gasteiger partial charge is 0.376 e. The molecule has 0 spiro atoms. The molecule has 246 valence electrons. The number of halogens is 3. The van der Waals surface area contributed by atoms with Crippen molar-refractivity contribution in [1.29, 1.82) is 0 Å². The average Bonchev–Trinajstić information content (AvgIpc) is 2.97. The molecule has 1 unspecified atom stereocenters. The lowest BCUT2D eigenvalue weighted by Crippen LogP contribution is -2.62. The van der Waals surface area contributed by atoms with E-state index in [-0.39, 0.29) is 19.0 Å². The van der Waals surface area contributed by atoms with E-state index in [4.69, 9.17) is 0 Å². The molecule has 3 N–H and O–H groups in total. The summed E-state index contributed by atoms with van der Waals surface area (Å²) in [5.41, 5.74) is -3.44. The highest BCUT2D eigenvalue weighted by Gasteiger charge is 2.49. The van der Waals surface area contributed by atoms with Crippen LogP contribution in [-0.2, 0) is 43.9 Å². The minimum atomic E-state index is -5.92. The van der Waals surface area contributed by atoms with Crippen molar-refractivity contribution in [3.63, 3.8) is 0 Å². The molecule has 2 aliphatic rings. The fourth-order valence-electron chi connectivity index (χ4n) is 5.63. The molecule has 2 aromatic carbocycles. The van der Waals surface area contributed by atoms with Gasteiger partial charge in [-0.1, -0.05) is 51.1 Å². The van der Waals surface area contributed by atoms with Crippen LogP contribution in [-0.4, -0.2) is 61.7 Å². The number of carbonyl (C=O) groups is 3. The number of likely N-dealkylation sites (N-methyl/N-ethyl adjacent to an activating group) is 1. The van der Waals surface area contributed by atoms with Crippen molar-refractivity contribution in [1.82, 2.24) is 20.9 Å². The summed E-state index contributed by atoms with van der Waals surface area (Å²) in [6, 6.07) is 8.29. The van der Waals surface area contributed by atoms with E-state index in [0.29, 0.717) is 17.5 Å². The van der Waals surface area contributed by atoms with Gasteiger partial charge < -0.3 is 25.0 Å². The Morgan fingerprint density at radius 2 is 1.71 bits per heavy atom. The van der Waals surface area contributed by atoms with Crippen LogP contribution >= 0.6 is 0 Å². The Balaban J connectivity index is 1.70. The third-order valence-electron chi connectivity index (χ3n) is 8.29. The highest BCUT2D eigenvalue weighted by atomic mass is 32.2. The maximum Gasteiger partial charge on any atom is 0.534 e. The van der Waals surface area contributed by atoms with Gasteiger partial charge in [0.05, 0.1) is 12.1 Å². The summed E-state index contributed by atoms with van der Waals surface area (Å²) in [5.74, 6) is -1.95. The zero-order valence-electron chi connectivity index (χ0n) is 25.8. The second kappa shape index (κ2) is 13.0. The van der Waals surface area contributed by atoms with Crippen molar-refractivity contribution >= 4 is 27.8 Å². The predicted molar refractivity (Wildman–Crippen MR) is 160 cm³/mol. The number of aryl methyl sites for hydroxylation is 1. The van der Waals surface area contributed by atoms with Gasteiger partial charge in [-0.25, -0.2) is 0 Å². The zero-order valence-corrected chi connectivity index (χ0v) is 26.6. The van der Waals surface area contributed by atoms with Crippen molar-refractivity contribution in [2.45, 2.75) is 89.6 Å². The Morgan fingerprint density at radius 1 is 1.02 bits per heavy atom. The Hall–Kier alpha value is -3.65. The summed E-state index contributed by atoms with van der Waals surface area (Å²) >= 11 is 0. The molecule has 0 saturated heterocycles. The molecule has 3 amide bonds. The molecule has 45 heavy (non-hydrogen) atoms. The number of benzene rings is 2. The van der Waals surface area contributed by atoms with E-state index >= 15 is 0 Å². The van der Waals surface area contributed by atoms with Crippen molar-refractivity contribution in [2.75, 3.05) is 7.05 Å². The van der Waals surface area contributed by atoms with Gasteiger partial charge in [-0.15, -0.1) is 0 Å². The van der Waals surface area contributed by atoms with Crippen molar-refractivity contribution in [3.8, 4) is 5.75 Å². The van der Waals surface area contributed by atoms with Crippen LogP contribution in [0.5, 0.6) is 5.75 Å². The van der Waals surface area contributed by atoms with Crippen LogP contribution in [0.2, 0.25) is 0 Å². The molecule has 2 aromatic rings. The number of nitrogens with zero attached hydrogens (tertiary/aromatic N) is 1. The van der Waals surface area contributed by atoms with Crippen LogP contribution in [0.3, 0.4) is 0 Å². The fourth-order valence-corrected chi connectivity index (χ4v) is 6.09. The van der Waals surface area contributed by atoms with Gasteiger partial charge in [0.1, 0.15) is 17.8 Å². The molecular weight excluding hydrogens is 613 g/mol. The summed E-state index contributed by atoms with van der Waals surface area (Å²) in [4.78, 5) is 42.5. The van der Waals surface area contributed by atoms with Crippen LogP contribution in [0, 0.1) is 5.41 Å². The number of alkyl halides is 3. The molecule has 4 rings (SSSR count). The lowest BCUT2D eigenvalue weighted by atomic mass is 9.83. The summed E-state index contributed by atoms with van der Waals surface area (Å²) < 4.78 is 66.6. The Morgan fingerprint density at radius 3 is 2.36 bits per heavy atom. The molecular formula is C31H39F3N4O6S. The summed E-state index contributed by atoms with van der Waals surface area (Å²) in [6.07, 6.45) is 2.26. The molecule has 1 heterocycles. The topological polar surface area (TPSA) is 134 Å². The Kier molecular flexibility index (Phi) is 9.88. The highest BCUT2D eigenvalue weighted by molar-refractivity contribution is 7.88. The number of fused-ring (bicyclic) bond motifs is 2. The molecule has 4 atom stereocenters. The largest absolute Gasteiger partial charge is 0.534 e. The molecule has 0 aromatic heterocycles. The SMILES string of the molecule is CN[C@@H](C)C(=O)N[C@H](C(=O)N1Cc2ccc(OS(=O)(=O)C(F)(F)F)cc2CC1C(=O)N[C@@H]1CCCc2ccccc21)C(C)(C)C. The molecule has 1 aliphatic heterocycles. The first-order valence-corrected chi connectivity index (χ1v) is 16.1. The highest BCUT2D eigenvalue weighted by Crippen LogP contribution is 2.34. The first-order chi connectivity index (χ1) is 20.9. The number of amides is 3. The minimum Gasteiger partial charge on any atom is -0.376 e. The number of hydrogen-bond donors (Lipinski definition) is 3. The number of hydrogen-bond acceptors (Lipinski definition) is 7. The lowest BCUT2D eigenvalue weighted by molar-refractivity contribution is -0.147. The van der Waals surface area contributed by atoms with Gasteiger partial charge >= 0.3 is 15.6 Å². The number of carbonyl (C=O) groups excluding carboxylic acids is 3. The summed E-state index contributed by atoms with van der Waals surface area (Å²) in [5, 5.41) is 8.73. The van der Waals surface area contributed by atoms with Gasteiger partial charge in [-0.05, 0) is 73.0 Å². The first-order valence-electron chi connectivity index (χ1n) is 14.7. The van der Waals surface area contributed by atoms with Gasteiger partial charge in [-0.2, -0.15) is 21.6 Å². The van der Waals surface area contributed by atoms with Crippen molar-refractivity contribution < 1.29 is 40.2 Å². The van der Waals surface area contributed by atoms with Gasteiger partial charge in [0, 0.05) is 13.0 Å². The zero-order chi connectivity index (χ0) is 33.3. The molecule has 0 saturated carbocycles.